The fourth-order valence-corrected chi connectivity index (χ4v) is 9.44. The van der Waals surface area contributed by atoms with Gasteiger partial charge in [0.15, 0.2) is 0 Å². The van der Waals surface area contributed by atoms with Crippen LogP contribution in [0.15, 0.2) is 12.2 Å². The summed E-state index contributed by atoms with van der Waals surface area (Å²) in [4.78, 5) is 13.3. The van der Waals surface area contributed by atoms with Crippen LogP contribution in [-0.2, 0) is 4.79 Å². The molecule has 2 nitrogen and oxygen atoms in total. The van der Waals surface area contributed by atoms with Crippen LogP contribution in [0, 0.1) is 5.41 Å². The molecular weight excluding hydrogens is 691 g/mol. The van der Waals surface area contributed by atoms with Gasteiger partial charge in [-0.2, -0.15) is 0 Å². The first kappa shape index (κ1) is 56.2. The highest BCUT2D eigenvalue weighted by atomic mass is 16.1. The molecule has 0 radical (unpaired) electrons. The number of amides is 1. The molecule has 2 N–H and O–H groups in total. The summed E-state index contributed by atoms with van der Waals surface area (Å²) in [6, 6.07) is 0. The zero-order valence-corrected chi connectivity index (χ0v) is 40.1. The van der Waals surface area contributed by atoms with Gasteiger partial charge in [0.25, 0.3) is 0 Å². The normalized spacial score (nSPS) is 11.8. The minimum atomic E-state index is -0.483. The molecular formula is C55H109NO. The zero-order chi connectivity index (χ0) is 41.6. The Bertz CT molecular complexity index is 766. The van der Waals surface area contributed by atoms with Crippen molar-refractivity contribution >= 4 is 5.91 Å². The molecule has 1 amide bonds. The molecule has 2 heteroatoms. The second-order valence-corrected chi connectivity index (χ2v) is 19.1. The lowest BCUT2D eigenvalue weighted by atomic mass is 9.70. The molecule has 0 aromatic rings. The number of carbonyl (C=O) groups is 1. The lowest BCUT2D eigenvalue weighted by molar-refractivity contribution is -0.126. The van der Waals surface area contributed by atoms with Crippen LogP contribution in [-0.4, -0.2) is 5.91 Å². The highest BCUT2D eigenvalue weighted by Crippen LogP contribution is 2.41. The summed E-state index contributed by atoms with van der Waals surface area (Å²) in [5.74, 6) is -0.0795. The van der Waals surface area contributed by atoms with Crippen molar-refractivity contribution < 1.29 is 4.79 Å². The molecule has 0 aromatic carbocycles. The number of rotatable bonds is 50. The molecule has 0 aliphatic rings. The number of unbranched alkanes of at least 4 members (excludes halogenated alkanes) is 42. The summed E-state index contributed by atoms with van der Waals surface area (Å²) in [6.45, 7) is 11.5. The van der Waals surface area contributed by atoms with Gasteiger partial charge < -0.3 is 5.73 Å². The van der Waals surface area contributed by atoms with E-state index in [1.54, 1.807) is 0 Å². The van der Waals surface area contributed by atoms with E-state index in [0.717, 1.165) is 32.1 Å². The summed E-state index contributed by atoms with van der Waals surface area (Å²) < 4.78 is 0. The molecule has 0 aromatic heterocycles. The minimum Gasteiger partial charge on any atom is -0.369 e. The standard InChI is InChI=1S/C55H109NO/c1-5-8-11-14-17-20-23-26-28-30-33-36-39-42-45-48-51-55(54(56)57,53(4)50-47-44-41-38-35-32-25-22-19-16-13-10-7-3)52-49-46-43-40-37-34-31-29-27-24-21-18-15-12-9-6-2/h4-52H2,1-3H3,(H2,56,57). The van der Waals surface area contributed by atoms with Crippen LogP contribution in [0.25, 0.3) is 0 Å². The van der Waals surface area contributed by atoms with Crippen LogP contribution in [0.4, 0.5) is 0 Å². The maximum Gasteiger partial charge on any atom is 0.227 e. The van der Waals surface area contributed by atoms with E-state index in [1.165, 1.54) is 282 Å². The molecule has 0 rings (SSSR count). The molecule has 57 heavy (non-hydrogen) atoms. The van der Waals surface area contributed by atoms with Crippen LogP contribution in [0.2, 0.25) is 0 Å². The summed E-state index contributed by atoms with van der Waals surface area (Å²) in [5.41, 5.74) is 7.03. The quantitative estimate of drug-likeness (QED) is 0.0483. The molecule has 0 atom stereocenters. The number of primary amides is 1. The first-order valence-electron chi connectivity index (χ1n) is 27.0. The van der Waals surface area contributed by atoms with Crippen molar-refractivity contribution in [1.29, 1.82) is 0 Å². The molecule has 0 bridgehead atoms. The van der Waals surface area contributed by atoms with E-state index < -0.39 is 5.41 Å². The third kappa shape index (κ3) is 37.9. The third-order valence-corrected chi connectivity index (χ3v) is 13.6. The first-order valence-corrected chi connectivity index (χ1v) is 27.0. The van der Waals surface area contributed by atoms with Crippen LogP contribution < -0.4 is 5.73 Å². The first-order chi connectivity index (χ1) is 28.0. The zero-order valence-electron chi connectivity index (χ0n) is 40.1. The van der Waals surface area contributed by atoms with Crippen molar-refractivity contribution in [1.82, 2.24) is 0 Å². The van der Waals surface area contributed by atoms with Crippen LogP contribution in [0.3, 0.4) is 0 Å². The molecule has 0 spiro atoms. The second kappa shape index (κ2) is 46.3. The maximum absolute atomic E-state index is 13.3. The third-order valence-electron chi connectivity index (χ3n) is 13.6. The molecule has 0 unspecified atom stereocenters. The fraction of sp³-hybridized carbons (Fsp3) is 0.945. The van der Waals surface area contributed by atoms with Crippen molar-refractivity contribution in [3.8, 4) is 0 Å². The topological polar surface area (TPSA) is 43.1 Å². The smallest absolute Gasteiger partial charge is 0.227 e. The Labute approximate surface area is 361 Å². The van der Waals surface area contributed by atoms with Crippen molar-refractivity contribution in [2.24, 2.45) is 11.1 Å². The van der Waals surface area contributed by atoms with Gasteiger partial charge in [0.2, 0.25) is 5.91 Å². The fourth-order valence-electron chi connectivity index (χ4n) is 9.44. The van der Waals surface area contributed by atoms with Crippen molar-refractivity contribution in [3.05, 3.63) is 12.2 Å². The van der Waals surface area contributed by atoms with Gasteiger partial charge in [-0.1, -0.05) is 315 Å². The Balaban J connectivity index is 4.46. The lowest BCUT2D eigenvalue weighted by Crippen LogP contribution is -2.39. The molecule has 0 fully saturated rings. The van der Waals surface area contributed by atoms with Gasteiger partial charge in [0, 0.05) is 0 Å². The summed E-state index contributed by atoms with van der Waals surface area (Å²) in [5, 5.41) is 0. The summed E-state index contributed by atoms with van der Waals surface area (Å²) >= 11 is 0. The SMILES string of the molecule is C=C(CCCCCCCCCCCCCCC)C(CCCCCCCCCCCCCCCCCC)(CCCCCCCCCCCCCCCCCC)C(N)=O. The maximum atomic E-state index is 13.3. The monoisotopic (exact) mass is 800 g/mol. The summed E-state index contributed by atoms with van der Waals surface area (Å²) in [6.07, 6.45) is 64.8. The Kier molecular flexibility index (Phi) is 45.6. The van der Waals surface area contributed by atoms with Gasteiger partial charge in [-0.15, -0.1) is 0 Å². The van der Waals surface area contributed by atoms with E-state index >= 15 is 0 Å². The van der Waals surface area contributed by atoms with Crippen LogP contribution >= 0.6 is 0 Å². The summed E-state index contributed by atoms with van der Waals surface area (Å²) in [7, 11) is 0. The predicted molar refractivity (Wildman–Crippen MR) is 259 cm³/mol. The Morgan fingerprint density at radius 1 is 0.316 bits per heavy atom. The number of hydrogen-bond acceptors (Lipinski definition) is 1. The number of hydrogen-bond donors (Lipinski definition) is 1. The second-order valence-electron chi connectivity index (χ2n) is 19.1. The Morgan fingerprint density at radius 3 is 0.684 bits per heavy atom. The van der Waals surface area contributed by atoms with Gasteiger partial charge in [0.1, 0.15) is 0 Å². The lowest BCUT2D eigenvalue weighted by Gasteiger charge is -2.33. The molecule has 340 valence electrons. The predicted octanol–water partition coefficient (Wildman–Crippen LogP) is 19.8. The van der Waals surface area contributed by atoms with Crippen molar-refractivity contribution in [2.45, 2.75) is 329 Å². The average molecular weight is 800 g/mol. The molecule has 0 saturated carbocycles. The van der Waals surface area contributed by atoms with Gasteiger partial charge in [-0.3, -0.25) is 4.79 Å². The van der Waals surface area contributed by atoms with Gasteiger partial charge in [-0.05, 0) is 25.7 Å². The van der Waals surface area contributed by atoms with Gasteiger partial charge in [0.05, 0.1) is 5.41 Å². The highest BCUT2D eigenvalue weighted by Gasteiger charge is 2.37. The van der Waals surface area contributed by atoms with Gasteiger partial charge >= 0.3 is 0 Å². The number of carbonyl (C=O) groups excluding carboxylic acids is 1. The van der Waals surface area contributed by atoms with Crippen LogP contribution in [0.5, 0.6) is 0 Å². The number of nitrogens with two attached hydrogens (primary N) is 1. The van der Waals surface area contributed by atoms with Gasteiger partial charge in [-0.25, -0.2) is 0 Å². The molecule has 0 aliphatic heterocycles. The largest absolute Gasteiger partial charge is 0.369 e. The highest BCUT2D eigenvalue weighted by molar-refractivity contribution is 5.84. The van der Waals surface area contributed by atoms with E-state index in [0.29, 0.717) is 0 Å². The average Bonchev–Trinajstić information content (AvgIpc) is 3.21. The Morgan fingerprint density at radius 2 is 0.491 bits per heavy atom. The van der Waals surface area contributed by atoms with Crippen molar-refractivity contribution in [2.75, 3.05) is 0 Å². The van der Waals surface area contributed by atoms with E-state index in [-0.39, 0.29) is 5.91 Å². The van der Waals surface area contributed by atoms with E-state index in [9.17, 15) is 4.79 Å². The molecule has 0 saturated heterocycles. The molecule has 0 heterocycles. The van der Waals surface area contributed by atoms with Crippen LogP contribution in [0.1, 0.15) is 329 Å². The van der Waals surface area contributed by atoms with E-state index in [1.807, 2.05) is 0 Å². The van der Waals surface area contributed by atoms with E-state index in [4.69, 9.17) is 5.73 Å². The van der Waals surface area contributed by atoms with E-state index in [2.05, 4.69) is 27.4 Å². The molecule has 0 aliphatic carbocycles. The minimum absolute atomic E-state index is 0.0795. The van der Waals surface area contributed by atoms with Crippen molar-refractivity contribution in [3.63, 3.8) is 0 Å². The Hall–Kier alpha value is -0.790.